The average Bonchev–Trinajstić information content (AvgIpc) is 2.67. The molecule has 144 valence electrons. The second-order valence-corrected chi connectivity index (χ2v) is 7.44. The van der Waals surface area contributed by atoms with Crippen molar-refractivity contribution in [3.8, 4) is 0 Å². The van der Waals surface area contributed by atoms with Crippen LogP contribution in [0.3, 0.4) is 0 Å². The summed E-state index contributed by atoms with van der Waals surface area (Å²) in [5.41, 5.74) is 0.742. The minimum Gasteiger partial charge on any atom is -0.479 e. The molecule has 27 heavy (non-hydrogen) atoms. The van der Waals surface area contributed by atoms with Crippen molar-refractivity contribution >= 4 is 23.9 Å². The Morgan fingerprint density at radius 3 is 2.48 bits per heavy atom. The Balaban J connectivity index is 1.87. The van der Waals surface area contributed by atoms with Crippen LogP contribution in [0.15, 0.2) is 30.5 Å². The summed E-state index contributed by atoms with van der Waals surface area (Å²) in [4.78, 5) is 40.2. The molecule has 1 N–H and O–H groups in total. The maximum atomic E-state index is 13.1. The van der Waals surface area contributed by atoms with Gasteiger partial charge in [0.2, 0.25) is 11.8 Å². The Morgan fingerprint density at radius 1 is 1.19 bits per heavy atom. The summed E-state index contributed by atoms with van der Waals surface area (Å²) < 4.78 is 0. The van der Waals surface area contributed by atoms with Gasteiger partial charge in [0.1, 0.15) is 5.54 Å². The van der Waals surface area contributed by atoms with Crippen LogP contribution in [0, 0.1) is 0 Å². The lowest BCUT2D eigenvalue weighted by Crippen LogP contribution is -2.56. The molecule has 1 saturated carbocycles. The van der Waals surface area contributed by atoms with Crippen molar-refractivity contribution in [1.82, 2.24) is 9.80 Å². The van der Waals surface area contributed by atoms with Gasteiger partial charge in [0.05, 0.1) is 12.5 Å². The van der Waals surface area contributed by atoms with Crippen molar-refractivity contribution in [3.63, 3.8) is 0 Å². The Morgan fingerprint density at radius 2 is 1.85 bits per heavy atom. The van der Waals surface area contributed by atoms with E-state index in [2.05, 4.69) is 0 Å². The largest absolute Gasteiger partial charge is 0.479 e. The van der Waals surface area contributed by atoms with Gasteiger partial charge in [0, 0.05) is 20.2 Å². The van der Waals surface area contributed by atoms with Crippen LogP contribution in [-0.4, -0.2) is 45.3 Å². The molecule has 0 spiro atoms. The lowest BCUT2D eigenvalue weighted by molar-refractivity contribution is -0.161. The summed E-state index contributed by atoms with van der Waals surface area (Å²) in [7, 11) is 1.59. The van der Waals surface area contributed by atoms with Gasteiger partial charge >= 0.3 is 5.97 Å². The summed E-state index contributed by atoms with van der Waals surface area (Å²) in [6.07, 6.45) is 7.18. The number of likely N-dealkylation sites (N-methyl/N-ethyl adjacent to an activating group) is 1. The molecule has 1 aromatic rings. The highest BCUT2D eigenvalue weighted by atomic mass is 16.4. The van der Waals surface area contributed by atoms with Gasteiger partial charge in [-0.15, -0.1) is 0 Å². The van der Waals surface area contributed by atoms with E-state index >= 15 is 0 Å². The fourth-order valence-corrected chi connectivity index (χ4v) is 4.28. The van der Waals surface area contributed by atoms with Crippen LogP contribution in [0.5, 0.6) is 0 Å². The molecule has 6 nitrogen and oxygen atoms in total. The van der Waals surface area contributed by atoms with Crippen LogP contribution in [0.4, 0.5) is 0 Å². The third kappa shape index (κ3) is 3.48. The monoisotopic (exact) mass is 370 g/mol. The Kier molecular flexibility index (Phi) is 5.35. The minimum absolute atomic E-state index is 0.0620. The Hall–Kier alpha value is -2.63. The summed E-state index contributed by atoms with van der Waals surface area (Å²) in [6, 6.07) is 7.24. The molecular weight excluding hydrogens is 344 g/mol. The molecule has 6 heteroatoms. The number of aliphatic carboxylic acids is 1. The van der Waals surface area contributed by atoms with E-state index in [9.17, 15) is 19.5 Å². The number of nitrogens with zero attached hydrogens (tertiary/aromatic N) is 2. The SMILES string of the molecule is CC(=O)N1C=Cc2ccccc2C1CC(=O)N(C)C1(C(=O)O)CCCCC1. The molecule has 1 aromatic carbocycles. The first-order valence-corrected chi connectivity index (χ1v) is 9.43. The molecule has 3 rings (SSSR count). The van der Waals surface area contributed by atoms with Crippen LogP contribution in [0.25, 0.3) is 6.08 Å². The smallest absolute Gasteiger partial charge is 0.329 e. The number of carbonyl (C=O) groups is 3. The molecular formula is C21H26N2O4. The predicted molar refractivity (Wildman–Crippen MR) is 102 cm³/mol. The van der Waals surface area contributed by atoms with Gasteiger partial charge in [-0.1, -0.05) is 43.5 Å². The normalized spacial score (nSPS) is 20.7. The van der Waals surface area contributed by atoms with Gasteiger partial charge in [-0.2, -0.15) is 0 Å². The molecule has 2 aliphatic rings. The summed E-state index contributed by atoms with van der Waals surface area (Å²) >= 11 is 0. The number of amides is 2. The lowest BCUT2D eigenvalue weighted by atomic mass is 9.80. The second-order valence-electron chi connectivity index (χ2n) is 7.44. The topological polar surface area (TPSA) is 77.9 Å². The van der Waals surface area contributed by atoms with E-state index in [1.807, 2.05) is 30.3 Å². The van der Waals surface area contributed by atoms with E-state index in [0.717, 1.165) is 30.4 Å². The number of fused-ring (bicyclic) bond motifs is 1. The van der Waals surface area contributed by atoms with Gasteiger partial charge < -0.3 is 14.9 Å². The van der Waals surface area contributed by atoms with E-state index in [1.165, 1.54) is 11.8 Å². The van der Waals surface area contributed by atoms with Crippen LogP contribution >= 0.6 is 0 Å². The molecule has 1 unspecified atom stereocenters. The number of rotatable bonds is 4. The van der Waals surface area contributed by atoms with E-state index in [-0.39, 0.29) is 18.2 Å². The zero-order chi connectivity index (χ0) is 19.6. The van der Waals surface area contributed by atoms with Crippen LogP contribution in [0.2, 0.25) is 0 Å². The Bertz CT molecular complexity index is 780. The van der Waals surface area contributed by atoms with E-state index in [1.54, 1.807) is 18.1 Å². The van der Waals surface area contributed by atoms with Crippen LogP contribution < -0.4 is 0 Å². The molecule has 0 aromatic heterocycles. The fraction of sp³-hybridized carbons (Fsp3) is 0.476. The van der Waals surface area contributed by atoms with Gasteiger partial charge in [-0.05, 0) is 30.0 Å². The van der Waals surface area contributed by atoms with Crippen molar-refractivity contribution in [2.24, 2.45) is 0 Å². The zero-order valence-electron chi connectivity index (χ0n) is 15.9. The number of carbonyl (C=O) groups excluding carboxylic acids is 2. The standard InChI is InChI=1S/C21H26N2O4/c1-15(24)23-13-10-16-8-4-5-9-17(16)18(23)14-19(25)22(2)21(20(26)27)11-6-3-7-12-21/h4-5,8-10,13,18H,3,6-7,11-12,14H2,1-2H3,(H,26,27). The van der Waals surface area contributed by atoms with Crippen molar-refractivity contribution in [3.05, 3.63) is 41.6 Å². The zero-order valence-corrected chi connectivity index (χ0v) is 15.9. The first kappa shape index (κ1) is 19.1. The molecule has 0 radical (unpaired) electrons. The molecule has 2 amide bonds. The first-order chi connectivity index (χ1) is 12.9. The maximum Gasteiger partial charge on any atom is 0.329 e. The lowest BCUT2D eigenvalue weighted by Gasteiger charge is -2.42. The fourth-order valence-electron chi connectivity index (χ4n) is 4.28. The van der Waals surface area contributed by atoms with Crippen molar-refractivity contribution in [1.29, 1.82) is 0 Å². The third-order valence-electron chi connectivity index (χ3n) is 5.93. The van der Waals surface area contributed by atoms with Gasteiger partial charge in [-0.3, -0.25) is 9.59 Å². The average molecular weight is 370 g/mol. The predicted octanol–water partition coefficient (Wildman–Crippen LogP) is 3.20. The summed E-state index contributed by atoms with van der Waals surface area (Å²) in [5, 5.41) is 9.84. The third-order valence-corrected chi connectivity index (χ3v) is 5.93. The van der Waals surface area contributed by atoms with Crippen molar-refractivity contribution in [2.75, 3.05) is 7.05 Å². The molecule has 0 bridgehead atoms. The molecule has 1 heterocycles. The summed E-state index contributed by atoms with van der Waals surface area (Å²) in [5.74, 6) is -1.34. The molecule has 1 aliphatic heterocycles. The number of carboxylic acid groups (broad SMARTS) is 1. The summed E-state index contributed by atoms with van der Waals surface area (Å²) in [6.45, 7) is 1.47. The second kappa shape index (κ2) is 7.55. The van der Waals surface area contributed by atoms with E-state index in [4.69, 9.17) is 0 Å². The number of hydrogen-bond acceptors (Lipinski definition) is 3. The first-order valence-electron chi connectivity index (χ1n) is 9.43. The number of hydrogen-bond donors (Lipinski definition) is 1. The molecule has 1 aliphatic carbocycles. The van der Waals surface area contributed by atoms with Crippen molar-refractivity contribution < 1.29 is 19.5 Å². The van der Waals surface area contributed by atoms with Crippen molar-refractivity contribution in [2.45, 2.75) is 57.0 Å². The molecule has 1 fully saturated rings. The highest BCUT2D eigenvalue weighted by Gasteiger charge is 2.46. The van der Waals surface area contributed by atoms with Gasteiger partial charge in [0.15, 0.2) is 0 Å². The Labute approximate surface area is 159 Å². The molecule has 1 atom stereocenters. The van der Waals surface area contributed by atoms with E-state index < -0.39 is 17.6 Å². The maximum absolute atomic E-state index is 13.1. The number of carboxylic acids is 1. The van der Waals surface area contributed by atoms with Crippen LogP contribution in [0.1, 0.15) is 62.6 Å². The van der Waals surface area contributed by atoms with Crippen LogP contribution in [-0.2, 0) is 14.4 Å². The highest BCUT2D eigenvalue weighted by Crippen LogP contribution is 2.37. The highest BCUT2D eigenvalue weighted by molar-refractivity contribution is 5.88. The van der Waals surface area contributed by atoms with Gasteiger partial charge in [0.25, 0.3) is 0 Å². The van der Waals surface area contributed by atoms with E-state index in [0.29, 0.717) is 12.8 Å². The minimum atomic E-state index is -1.14. The molecule has 0 saturated heterocycles. The quantitative estimate of drug-likeness (QED) is 0.883. The van der Waals surface area contributed by atoms with Gasteiger partial charge in [-0.25, -0.2) is 4.79 Å². The number of benzene rings is 1.